The number of nitrogens with zero attached hydrogens (tertiary/aromatic N) is 4. The normalized spacial score (nSPS) is 15.8. The van der Waals surface area contributed by atoms with Gasteiger partial charge in [0.15, 0.2) is 5.65 Å². The van der Waals surface area contributed by atoms with Gasteiger partial charge in [-0.2, -0.15) is 5.10 Å². The number of carbonyl (C=O) groups excluding carboxylic acids is 1. The first-order valence-electron chi connectivity index (χ1n) is 8.36. The highest BCUT2D eigenvalue weighted by Gasteiger charge is 2.25. The van der Waals surface area contributed by atoms with Crippen molar-refractivity contribution in [3.63, 3.8) is 0 Å². The van der Waals surface area contributed by atoms with Crippen LogP contribution in [0.15, 0.2) is 48.9 Å². The van der Waals surface area contributed by atoms with E-state index in [-0.39, 0.29) is 5.91 Å². The number of benzene rings is 1. The van der Waals surface area contributed by atoms with E-state index in [0.29, 0.717) is 11.5 Å². The van der Waals surface area contributed by atoms with E-state index >= 15 is 0 Å². The molecule has 1 aliphatic rings. The molecule has 0 saturated carbocycles. The molecule has 0 atom stereocenters. The Kier molecular flexibility index (Phi) is 3.76. The highest BCUT2D eigenvalue weighted by Crippen LogP contribution is 2.30. The van der Waals surface area contributed by atoms with E-state index in [1.807, 2.05) is 11.0 Å². The van der Waals surface area contributed by atoms with Gasteiger partial charge in [0.25, 0.3) is 5.91 Å². The molecule has 1 fully saturated rings. The number of rotatable bonds is 2. The zero-order valence-electron chi connectivity index (χ0n) is 13.7. The lowest BCUT2D eigenvalue weighted by atomic mass is 9.87. The minimum absolute atomic E-state index is 0.0446. The van der Waals surface area contributed by atoms with Crippen LogP contribution < -0.4 is 0 Å². The Morgan fingerprint density at radius 3 is 2.75 bits per heavy atom. The van der Waals surface area contributed by atoms with E-state index in [4.69, 9.17) is 0 Å². The molecule has 24 heavy (non-hydrogen) atoms. The lowest BCUT2D eigenvalue weighted by molar-refractivity contribution is 0.0712. The summed E-state index contributed by atoms with van der Waals surface area (Å²) in [5, 5.41) is 4.15. The average Bonchev–Trinajstić information content (AvgIpc) is 3.09. The van der Waals surface area contributed by atoms with Crippen LogP contribution in [-0.2, 0) is 0 Å². The van der Waals surface area contributed by atoms with Gasteiger partial charge in [-0.25, -0.2) is 9.50 Å². The number of aromatic nitrogens is 3. The van der Waals surface area contributed by atoms with Crippen molar-refractivity contribution in [1.29, 1.82) is 0 Å². The van der Waals surface area contributed by atoms with E-state index in [1.165, 1.54) is 11.1 Å². The molecule has 0 N–H and O–H groups in total. The van der Waals surface area contributed by atoms with Crippen LogP contribution in [0.1, 0.15) is 40.2 Å². The van der Waals surface area contributed by atoms with Gasteiger partial charge in [0.1, 0.15) is 0 Å². The molecule has 0 aliphatic carbocycles. The molecule has 3 aromatic rings. The minimum Gasteiger partial charge on any atom is -0.339 e. The van der Waals surface area contributed by atoms with Crippen LogP contribution in [-0.4, -0.2) is 38.5 Å². The van der Waals surface area contributed by atoms with Crippen LogP contribution in [0.3, 0.4) is 0 Å². The molecule has 122 valence electrons. The molecule has 1 aliphatic heterocycles. The summed E-state index contributed by atoms with van der Waals surface area (Å²) in [6.45, 7) is 3.74. The monoisotopic (exact) mass is 320 g/mol. The fraction of sp³-hybridized carbons (Fsp3) is 0.316. The molecule has 0 unspecified atom stereocenters. The Balaban J connectivity index is 1.47. The van der Waals surface area contributed by atoms with Crippen molar-refractivity contribution in [3.05, 3.63) is 65.6 Å². The van der Waals surface area contributed by atoms with Crippen LogP contribution >= 0.6 is 0 Å². The zero-order chi connectivity index (χ0) is 16.5. The Morgan fingerprint density at radius 1 is 1.17 bits per heavy atom. The number of hydrogen-bond donors (Lipinski definition) is 0. The lowest BCUT2D eigenvalue weighted by Gasteiger charge is -2.32. The van der Waals surface area contributed by atoms with Gasteiger partial charge in [-0.3, -0.25) is 4.79 Å². The topological polar surface area (TPSA) is 50.5 Å². The second-order valence-corrected chi connectivity index (χ2v) is 6.40. The molecule has 0 bridgehead atoms. The smallest absolute Gasteiger partial charge is 0.256 e. The minimum atomic E-state index is 0.0446. The number of amides is 1. The largest absolute Gasteiger partial charge is 0.339 e. The predicted molar refractivity (Wildman–Crippen MR) is 92.0 cm³/mol. The molecular formula is C19H20N4O. The van der Waals surface area contributed by atoms with Crippen molar-refractivity contribution < 1.29 is 4.79 Å². The quantitative estimate of drug-likeness (QED) is 0.729. The fourth-order valence-corrected chi connectivity index (χ4v) is 3.54. The molecule has 4 rings (SSSR count). The standard InChI is InChI=1S/C19H20N4O/c1-14-4-2-3-5-17(14)15-7-10-22(11-8-15)19(24)16-12-20-18-6-9-21-23(18)13-16/h2-6,9,12-13,15H,7-8,10-11H2,1H3. The Bertz CT molecular complexity index is 878. The second-order valence-electron chi connectivity index (χ2n) is 6.40. The molecule has 1 saturated heterocycles. The number of fused-ring (bicyclic) bond motifs is 1. The Hall–Kier alpha value is -2.69. The molecule has 5 heteroatoms. The SMILES string of the molecule is Cc1ccccc1C1CCN(C(=O)c2cnc3ccnn3c2)CC1. The van der Waals surface area contributed by atoms with Crippen molar-refractivity contribution in [2.24, 2.45) is 0 Å². The molecule has 1 amide bonds. The van der Waals surface area contributed by atoms with Crippen LogP contribution in [0.4, 0.5) is 0 Å². The van der Waals surface area contributed by atoms with Gasteiger partial charge < -0.3 is 4.90 Å². The number of hydrogen-bond acceptors (Lipinski definition) is 3. The first-order chi connectivity index (χ1) is 11.7. The second kappa shape index (κ2) is 6.07. The summed E-state index contributed by atoms with van der Waals surface area (Å²) in [7, 11) is 0. The molecule has 0 spiro atoms. The highest BCUT2D eigenvalue weighted by molar-refractivity contribution is 5.93. The summed E-state index contributed by atoms with van der Waals surface area (Å²) in [6, 6.07) is 10.4. The maximum Gasteiger partial charge on any atom is 0.256 e. The number of aryl methyl sites for hydroxylation is 1. The van der Waals surface area contributed by atoms with E-state index in [9.17, 15) is 4.79 Å². The Morgan fingerprint density at radius 2 is 1.96 bits per heavy atom. The predicted octanol–water partition coefficient (Wildman–Crippen LogP) is 3.06. The summed E-state index contributed by atoms with van der Waals surface area (Å²) in [5.41, 5.74) is 4.12. The zero-order valence-corrected chi connectivity index (χ0v) is 13.7. The van der Waals surface area contributed by atoms with E-state index in [1.54, 1.807) is 23.1 Å². The highest BCUT2D eigenvalue weighted by atomic mass is 16.2. The van der Waals surface area contributed by atoms with E-state index in [0.717, 1.165) is 31.6 Å². The van der Waals surface area contributed by atoms with Crippen LogP contribution in [0.2, 0.25) is 0 Å². The molecule has 2 aromatic heterocycles. The summed E-state index contributed by atoms with van der Waals surface area (Å²) in [4.78, 5) is 18.9. The lowest BCUT2D eigenvalue weighted by Crippen LogP contribution is -2.38. The van der Waals surface area contributed by atoms with Gasteiger partial charge in [0.2, 0.25) is 0 Å². The summed E-state index contributed by atoms with van der Waals surface area (Å²) in [5.74, 6) is 0.588. The number of carbonyl (C=O) groups is 1. The van der Waals surface area contributed by atoms with Gasteiger partial charge in [-0.1, -0.05) is 24.3 Å². The van der Waals surface area contributed by atoms with E-state index in [2.05, 4.69) is 41.3 Å². The maximum atomic E-state index is 12.7. The maximum absolute atomic E-state index is 12.7. The van der Waals surface area contributed by atoms with Gasteiger partial charge in [0, 0.05) is 31.5 Å². The van der Waals surface area contributed by atoms with Crippen LogP contribution in [0.5, 0.6) is 0 Å². The van der Waals surface area contributed by atoms with Gasteiger partial charge in [-0.15, -0.1) is 0 Å². The molecule has 5 nitrogen and oxygen atoms in total. The third kappa shape index (κ3) is 2.66. The molecule has 0 radical (unpaired) electrons. The molecular weight excluding hydrogens is 300 g/mol. The van der Waals surface area contributed by atoms with Crippen LogP contribution in [0, 0.1) is 6.92 Å². The van der Waals surface area contributed by atoms with Gasteiger partial charge >= 0.3 is 0 Å². The van der Waals surface area contributed by atoms with Crippen molar-refractivity contribution in [3.8, 4) is 0 Å². The van der Waals surface area contributed by atoms with Gasteiger partial charge in [-0.05, 0) is 36.8 Å². The number of likely N-dealkylation sites (tertiary alicyclic amines) is 1. The first-order valence-corrected chi connectivity index (χ1v) is 8.36. The summed E-state index contributed by atoms with van der Waals surface area (Å²) >= 11 is 0. The third-order valence-electron chi connectivity index (χ3n) is 4.90. The van der Waals surface area contributed by atoms with E-state index < -0.39 is 0 Å². The van der Waals surface area contributed by atoms with Crippen molar-refractivity contribution in [1.82, 2.24) is 19.5 Å². The van der Waals surface area contributed by atoms with Crippen LogP contribution in [0.25, 0.3) is 5.65 Å². The Labute approximate surface area is 140 Å². The number of piperidine rings is 1. The summed E-state index contributed by atoms with van der Waals surface area (Å²) < 4.78 is 1.65. The summed E-state index contributed by atoms with van der Waals surface area (Å²) in [6.07, 6.45) is 7.11. The molecule has 1 aromatic carbocycles. The molecule has 3 heterocycles. The fourth-order valence-electron chi connectivity index (χ4n) is 3.54. The van der Waals surface area contributed by atoms with Gasteiger partial charge in [0.05, 0.1) is 11.8 Å². The van der Waals surface area contributed by atoms with Crippen molar-refractivity contribution in [2.45, 2.75) is 25.7 Å². The third-order valence-corrected chi connectivity index (χ3v) is 4.90. The first kappa shape index (κ1) is 14.9. The average molecular weight is 320 g/mol. The van der Waals surface area contributed by atoms with Crippen molar-refractivity contribution >= 4 is 11.6 Å². The van der Waals surface area contributed by atoms with Crippen molar-refractivity contribution in [2.75, 3.05) is 13.1 Å².